The van der Waals surface area contributed by atoms with Gasteiger partial charge in [0.15, 0.2) is 53.0 Å². The molecule has 29 heteroatoms. The summed E-state index contributed by atoms with van der Waals surface area (Å²) in [5, 5.41) is 0. The lowest BCUT2D eigenvalue weighted by Crippen LogP contribution is -2.35. The molecule has 6 aromatic heterocycles. The number of rotatable bonds is 18. The zero-order valence-electron chi connectivity index (χ0n) is 48.5. The molecule has 15 rings (SSSR count). The van der Waals surface area contributed by atoms with Crippen LogP contribution in [0.3, 0.4) is 0 Å². The van der Waals surface area contributed by atoms with E-state index < -0.39 is 119 Å². The standard InChI is InChI=1S/C60H57N12O16P/c1-58(2)83-46-37(80-55(49(46)86-58)70-28-67-43-40(61-25-64-52(43)70)34-13-7-10-31(16-34)19-73)22-77-89(76,78-23-38-47-50(87-59(3,4)84-47)56(81-38)71-29-68-44-41(62-26-65-53(44)71)35-14-8-11-32(17-35)20-74)79-24-39-48-51(88-60(5,6)85-48)57(82-39)72-30-69-45-42(63-27-66-54(45)72)36-15-9-12-33(18-36)21-75/h7-21,25-30,37-39,46-51,55-57H,22-24H2,1-6H3/t37-,38-,39-,46-,47-,48-,49-,50-,51-,55-,56-,57-/m1/s1. The Morgan fingerprint density at radius 3 is 1.01 bits per heavy atom. The molecule has 6 fully saturated rings. The van der Waals surface area contributed by atoms with Gasteiger partial charge in [-0.3, -0.25) is 41.7 Å². The SMILES string of the molecule is CC1(C)O[C@@H]2[C@H](O1)[C@@H](COP(=O)(OC[C@H]1O[C@@H](n3cnc4c(-c5cccc(C=O)c5)ncnc43)[C@@H]3OC(C)(C)O[C@@H]31)OC[C@H]1O[C@@H](n3cnc4c(-c5cccc(C=O)c5)ncnc43)[C@@H]3OC(C)(C)O[C@@H]31)O[C@H]2n1cnc2c(-c3cccc(C=O)c3)ncnc21. The lowest BCUT2D eigenvalue weighted by molar-refractivity contribution is -0.202. The van der Waals surface area contributed by atoms with Crippen LogP contribution in [0.5, 0.6) is 0 Å². The van der Waals surface area contributed by atoms with Gasteiger partial charge in [0, 0.05) is 33.4 Å². The first-order chi connectivity index (χ1) is 42.9. The van der Waals surface area contributed by atoms with Gasteiger partial charge in [-0.1, -0.05) is 54.6 Å². The van der Waals surface area contributed by atoms with Crippen LogP contribution in [0.2, 0.25) is 0 Å². The van der Waals surface area contributed by atoms with Crippen molar-refractivity contribution in [1.29, 1.82) is 0 Å². The molecule has 0 aliphatic carbocycles. The topological polar surface area (TPSA) is 310 Å². The van der Waals surface area contributed by atoms with Gasteiger partial charge in [0.05, 0.1) is 38.8 Å². The third kappa shape index (κ3) is 10.4. The van der Waals surface area contributed by atoms with Gasteiger partial charge in [-0.25, -0.2) is 49.4 Å². The first-order valence-electron chi connectivity index (χ1n) is 28.7. The Labute approximate surface area is 505 Å². The van der Waals surface area contributed by atoms with Crippen molar-refractivity contribution in [2.24, 2.45) is 0 Å². The Morgan fingerprint density at radius 1 is 0.427 bits per heavy atom. The van der Waals surface area contributed by atoms with Crippen LogP contribution in [0.25, 0.3) is 67.3 Å². The molecule has 9 aromatic rings. The number of carbonyl (C=O) groups excluding carboxylic acids is 3. The Hall–Kier alpha value is -7.93. The number of ether oxygens (including phenoxy) is 9. The number of nitrogens with zero attached hydrogens (tertiary/aromatic N) is 12. The molecule has 458 valence electrons. The molecular weight excluding hydrogens is 1180 g/mol. The average molecular weight is 1230 g/mol. The minimum Gasteiger partial charge on any atom is -0.347 e. The summed E-state index contributed by atoms with van der Waals surface area (Å²) in [5.41, 5.74) is 7.42. The quantitative estimate of drug-likeness (QED) is 0.0598. The molecule has 12 heterocycles. The first kappa shape index (κ1) is 57.5. The number of carbonyl (C=O) groups is 3. The summed E-state index contributed by atoms with van der Waals surface area (Å²) in [4.78, 5) is 76.8. The Morgan fingerprint density at radius 2 is 0.719 bits per heavy atom. The normalized spacial score (nSPS) is 28.2. The summed E-state index contributed by atoms with van der Waals surface area (Å²) in [6, 6.07) is 21.0. The molecule has 0 amide bonds. The maximum absolute atomic E-state index is 15.8. The van der Waals surface area contributed by atoms with Crippen molar-refractivity contribution in [2.45, 2.75) is 133 Å². The van der Waals surface area contributed by atoms with Crippen molar-refractivity contribution in [2.75, 3.05) is 19.8 Å². The minimum atomic E-state index is -4.80. The monoisotopic (exact) mass is 1230 g/mol. The van der Waals surface area contributed by atoms with E-state index in [1.807, 2.05) is 18.2 Å². The molecule has 0 saturated carbocycles. The number of phosphoric acid groups is 1. The van der Waals surface area contributed by atoms with Crippen LogP contribution >= 0.6 is 7.82 Å². The van der Waals surface area contributed by atoms with E-state index in [1.54, 1.807) is 129 Å². The van der Waals surface area contributed by atoms with Crippen LogP contribution in [0.4, 0.5) is 0 Å². The van der Waals surface area contributed by atoms with Crippen LogP contribution in [-0.4, -0.2) is 170 Å². The highest BCUT2D eigenvalue weighted by molar-refractivity contribution is 7.48. The number of fused-ring (bicyclic) bond motifs is 6. The lowest BCUT2D eigenvalue weighted by atomic mass is 10.1. The minimum absolute atomic E-state index is 0.410. The van der Waals surface area contributed by atoms with Crippen LogP contribution in [0.1, 0.15) is 91.3 Å². The maximum atomic E-state index is 15.8. The fourth-order valence-corrected chi connectivity index (χ4v) is 13.9. The highest BCUT2D eigenvalue weighted by Gasteiger charge is 2.60. The van der Waals surface area contributed by atoms with Crippen molar-refractivity contribution in [3.05, 3.63) is 127 Å². The molecular formula is C60H57N12O16P. The highest BCUT2D eigenvalue weighted by atomic mass is 31.2. The second-order valence-electron chi connectivity index (χ2n) is 23.6. The Balaban J connectivity index is 0.734. The molecule has 0 bridgehead atoms. The van der Waals surface area contributed by atoms with Crippen LogP contribution in [0.15, 0.2) is 111 Å². The Kier molecular flexibility index (Phi) is 14.2. The van der Waals surface area contributed by atoms with Crippen molar-refractivity contribution < 1.29 is 75.2 Å². The number of benzene rings is 3. The third-order valence-electron chi connectivity index (χ3n) is 16.4. The maximum Gasteiger partial charge on any atom is 0.475 e. The van der Waals surface area contributed by atoms with Gasteiger partial charge in [-0.05, 0) is 59.7 Å². The Bertz CT molecular complexity index is 3880. The van der Waals surface area contributed by atoms with Crippen molar-refractivity contribution in [3.8, 4) is 33.8 Å². The van der Waals surface area contributed by atoms with Gasteiger partial charge in [-0.2, -0.15) is 0 Å². The summed E-state index contributed by atoms with van der Waals surface area (Å²) >= 11 is 0. The van der Waals surface area contributed by atoms with E-state index in [0.29, 0.717) is 84.0 Å². The van der Waals surface area contributed by atoms with E-state index >= 15 is 4.57 Å². The second-order valence-corrected chi connectivity index (χ2v) is 25.3. The average Bonchev–Trinajstić information content (AvgIpc) is 1.63. The molecule has 28 nitrogen and oxygen atoms in total. The number of hydrogen-bond donors (Lipinski definition) is 0. The fourth-order valence-electron chi connectivity index (χ4n) is 12.7. The van der Waals surface area contributed by atoms with E-state index in [-0.39, 0.29) is 0 Å². The number of aldehydes is 3. The second kappa shape index (κ2) is 21.9. The molecule has 6 aliphatic heterocycles. The summed E-state index contributed by atoms with van der Waals surface area (Å²) in [6.45, 7) is 9.40. The zero-order chi connectivity index (χ0) is 61.1. The van der Waals surface area contributed by atoms with E-state index in [0.717, 1.165) is 18.9 Å². The van der Waals surface area contributed by atoms with E-state index in [9.17, 15) is 14.4 Å². The molecule has 3 aromatic carbocycles. The van der Waals surface area contributed by atoms with Gasteiger partial charge >= 0.3 is 7.82 Å². The molecule has 89 heavy (non-hydrogen) atoms. The largest absolute Gasteiger partial charge is 0.475 e. The highest BCUT2D eigenvalue weighted by Crippen LogP contribution is 2.55. The summed E-state index contributed by atoms with van der Waals surface area (Å²) in [7, 11) is -4.80. The smallest absolute Gasteiger partial charge is 0.347 e. The fraction of sp³-hybridized carbons (Fsp3) is 0.400. The van der Waals surface area contributed by atoms with Crippen molar-refractivity contribution in [1.82, 2.24) is 58.6 Å². The predicted molar refractivity (Wildman–Crippen MR) is 307 cm³/mol. The van der Waals surface area contributed by atoms with Gasteiger partial charge in [0.25, 0.3) is 0 Å². The van der Waals surface area contributed by atoms with Crippen molar-refractivity contribution >= 4 is 60.2 Å². The van der Waals surface area contributed by atoms with Gasteiger partial charge in [0.1, 0.15) is 126 Å². The number of imidazole rings is 3. The van der Waals surface area contributed by atoms with Crippen LogP contribution < -0.4 is 0 Å². The van der Waals surface area contributed by atoms with Crippen LogP contribution in [-0.2, 0) is 60.8 Å². The molecule has 6 aliphatic rings. The summed E-state index contributed by atoms with van der Waals surface area (Å²) in [6.07, 6.45) is 0.927. The van der Waals surface area contributed by atoms with Crippen LogP contribution in [0, 0.1) is 0 Å². The number of aromatic nitrogens is 12. The number of hydrogen-bond acceptors (Lipinski definition) is 25. The van der Waals surface area contributed by atoms with E-state index in [2.05, 4.69) is 29.9 Å². The van der Waals surface area contributed by atoms with E-state index in [4.69, 9.17) is 71.2 Å². The molecule has 0 spiro atoms. The van der Waals surface area contributed by atoms with Gasteiger partial charge in [-0.15, -0.1) is 0 Å². The lowest BCUT2D eigenvalue weighted by Gasteiger charge is -2.28. The molecule has 12 atom stereocenters. The molecule has 0 unspecified atom stereocenters. The predicted octanol–water partition coefficient (Wildman–Crippen LogP) is 7.36. The molecule has 0 N–H and O–H groups in total. The van der Waals surface area contributed by atoms with E-state index in [1.165, 1.54) is 19.0 Å². The first-order valence-corrected chi connectivity index (χ1v) is 30.2. The molecule has 6 saturated heterocycles. The molecule has 0 radical (unpaired) electrons. The number of phosphoric ester groups is 1. The van der Waals surface area contributed by atoms with Gasteiger partial charge < -0.3 is 42.6 Å². The summed E-state index contributed by atoms with van der Waals surface area (Å²) in [5.74, 6) is -3.30. The zero-order valence-corrected chi connectivity index (χ0v) is 49.4. The third-order valence-corrected chi connectivity index (χ3v) is 17.7. The van der Waals surface area contributed by atoms with Crippen molar-refractivity contribution in [3.63, 3.8) is 0 Å². The summed E-state index contributed by atoms with van der Waals surface area (Å²) < 4.78 is 99.6. The van der Waals surface area contributed by atoms with Gasteiger partial charge in [0.2, 0.25) is 0 Å².